The lowest BCUT2D eigenvalue weighted by Gasteiger charge is -2.29. The Balaban J connectivity index is 1.68. The maximum Gasteiger partial charge on any atom is 0.314 e. The third-order valence-electron chi connectivity index (χ3n) is 4.61. The monoisotopic (exact) mass is 277 g/mol. The highest BCUT2D eigenvalue weighted by Gasteiger charge is 2.27. The molecule has 3 N–H and O–H groups in total. The van der Waals surface area contributed by atoms with E-state index in [2.05, 4.69) is 10.2 Å². The lowest BCUT2D eigenvalue weighted by molar-refractivity contribution is 0.187. The second kappa shape index (κ2) is 5.81. The van der Waals surface area contributed by atoms with E-state index >= 15 is 0 Å². The summed E-state index contributed by atoms with van der Waals surface area (Å²) in [6, 6.07) is -0.335. The Morgan fingerprint density at radius 3 is 2.65 bits per heavy atom. The van der Waals surface area contributed by atoms with E-state index in [0.717, 1.165) is 31.0 Å². The molecule has 110 valence electrons. The summed E-state index contributed by atoms with van der Waals surface area (Å²) in [4.78, 5) is 17.7. The van der Waals surface area contributed by atoms with Crippen molar-refractivity contribution in [1.82, 2.24) is 20.1 Å². The minimum atomic E-state index is -0.335. The number of piperidine rings is 1. The molecule has 0 aromatic carbocycles. The Labute approximate surface area is 119 Å². The quantitative estimate of drug-likeness (QED) is 0.867. The zero-order valence-electron chi connectivity index (χ0n) is 11.8. The van der Waals surface area contributed by atoms with Crippen molar-refractivity contribution in [2.24, 2.45) is 5.73 Å². The van der Waals surface area contributed by atoms with Crippen LogP contribution in [0.1, 0.15) is 68.4 Å². The average Bonchev–Trinajstić information content (AvgIpc) is 2.98. The number of nitrogens with one attached hydrogen (secondary N) is 1. The number of amides is 2. The van der Waals surface area contributed by atoms with Gasteiger partial charge >= 0.3 is 6.03 Å². The Bertz CT molecular complexity index is 466. The molecule has 3 rings (SSSR count). The van der Waals surface area contributed by atoms with Crippen LogP contribution in [0, 0.1) is 0 Å². The number of hydrogen-bond acceptors (Lipinski definition) is 3. The highest BCUT2D eigenvalue weighted by Crippen LogP contribution is 2.32. The van der Waals surface area contributed by atoms with Gasteiger partial charge in [0.25, 0.3) is 0 Å². The number of likely N-dealkylation sites (tertiary alicyclic amines) is 1. The molecule has 1 aliphatic carbocycles. The SMILES string of the molecule is NC(=O)N1CCCC(c2n[nH]c(C3CCCCC3)n2)C1. The number of rotatable bonds is 2. The molecule has 2 fully saturated rings. The molecule has 2 aliphatic rings. The number of urea groups is 1. The number of primary amides is 1. The van der Waals surface area contributed by atoms with Gasteiger partial charge in [0.05, 0.1) is 0 Å². The van der Waals surface area contributed by atoms with E-state index in [0.29, 0.717) is 12.5 Å². The molecule has 1 atom stereocenters. The number of aromatic amines is 1. The summed E-state index contributed by atoms with van der Waals surface area (Å²) >= 11 is 0. The van der Waals surface area contributed by atoms with E-state index in [9.17, 15) is 4.79 Å². The predicted molar refractivity (Wildman–Crippen MR) is 75.3 cm³/mol. The molecule has 1 aromatic rings. The van der Waals surface area contributed by atoms with Crippen LogP contribution in [0.25, 0.3) is 0 Å². The molecule has 6 nitrogen and oxygen atoms in total. The molecule has 1 aliphatic heterocycles. The number of carbonyl (C=O) groups is 1. The van der Waals surface area contributed by atoms with Gasteiger partial charge in [-0.25, -0.2) is 9.78 Å². The molecule has 1 unspecified atom stereocenters. The predicted octanol–water partition coefficient (Wildman–Crippen LogP) is 2.11. The molecule has 6 heteroatoms. The molecule has 2 heterocycles. The largest absolute Gasteiger partial charge is 0.351 e. The van der Waals surface area contributed by atoms with Gasteiger partial charge in [0, 0.05) is 24.9 Å². The molecule has 1 saturated carbocycles. The molecular formula is C14H23N5O. The maximum absolute atomic E-state index is 11.3. The van der Waals surface area contributed by atoms with E-state index < -0.39 is 0 Å². The van der Waals surface area contributed by atoms with E-state index in [1.165, 1.54) is 32.1 Å². The summed E-state index contributed by atoms with van der Waals surface area (Å²) in [5, 5.41) is 7.51. The first-order chi connectivity index (χ1) is 9.74. The fourth-order valence-corrected chi connectivity index (χ4v) is 3.42. The molecule has 0 radical (unpaired) electrons. The first-order valence-corrected chi connectivity index (χ1v) is 7.70. The van der Waals surface area contributed by atoms with Crippen LogP contribution < -0.4 is 5.73 Å². The zero-order chi connectivity index (χ0) is 13.9. The van der Waals surface area contributed by atoms with Crippen LogP contribution in [0.5, 0.6) is 0 Å². The van der Waals surface area contributed by atoms with Crippen molar-refractivity contribution in [3.05, 3.63) is 11.6 Å². The van der Waals surface area contributed by atoms with Crippen LogP contribution in [-0.4, -0.2) is 39.2 Å². The number of carbonyl (C=O) groups excluding carboxylic acids is 1. The molecule has 20 heavy (non-hydrogen) atoms. The summed E-state index contributed by atoms with van der Waals surface area (Å²) in [5.74, 6) is 2.66. The summed E-state index contributed by atoms with van der Waals surface area (Å²) in [6.07, 6.45) is 8.36. The standard InChI is InChI=1S/C14H23N5O/c15-14(20)19-8-4-7-11(9-19)13-16-12(17-18-13)10-5-2-1-3-6-10/h10-11H,1-9H2,(H2,15,20)(H,16,17,18). The fraction of sp³-hybridized carbons (Fsp3) is 0.786. The first-order valence-electron chi connectivity index (χ1n) is 7.70. The van der Waals surface area contributed by atoms with Gasteiger partial charge in [0.1, 0.15) is 5.82 Å². The van der Waals surface area contributed by atoms with Gasteiger partial charge in [-0.05, 0) is 25.7 Å². The zero-order valence-corrected chi connectivity index (χ0v) is 11.8. The molecule has 0 spiro atoms. The summed E-state index contributed by atoms with van der Waals surface area (Å²) in [7, 11) is 0. The van der Waals surface area contributed by atoms with Gasteiger partial charge in [-0.3, -0.25) is 5.10 Å². The van der Waals surface area contributed by atoms with Gasteiger partial charge in [-0.2, -0.15) is 5.10 Å². The van der Waals surface area contributed by atoms with Gasteiger partial charge in [-0.15, -0.1) is 0 Å². The number of nitrogens with two attached hydrogens (primary N) is 1. The molecule has 0 bridgehead atoms. The van der Waals surface area contributed by atoms with Gasteiger partial charge < -0.3 is 10.6 Å². The second-order valence-corrected chi connectivity index (χ2v) is 6.04. The Morgan fingerprint density at radius 1 is 1.15 bits per heavy atom. The second-order valence-electron chi connectivity index (χ2n) is 6.04. The van der Waals surface area contributed by atoms with Crippen LogP contribution in [-0.2, 0) is 0 Å². The summed E-state index contributed by atoms with van der Waals surface area (Å²) in [5.41, 5.74) is 5.37. The number of H-pyrrole nitrogens is 1. The molecule has 1 saturated heterocycles. The van der Waals surface area contributed by atoms with Crippen molar-refractivity contribution in [3.63, 3.8) is 0 Å². The van der Waals surface area contributed by atoms with E-state index in [-0.39, 0.29) is 11.9 Å². The van der Waals surface area contributed by atoms with Crippen molar-refractivity contribution in [2.45, 2.75) is 56.8 Å². The lowest BCUT2D eigenvalue weighted by Crippen LogP contribution is -2.42. The maximum atomic E-state index is 11.3. The Kier molecular flexibility index (Phi) is 3.89. The van der Waals surface area contributed by atoms with Crippen LogP contribution >= 0.6 is 0 Å². The van der Waals surface area contributed by atoms with Crippen molar-refractivity contribution in [1.29, 1.82) is 0 Å². The van der Waals surface area contributed by atoms with Crippen LogP contribution in [0.2, 0.25) is 0 Å². The van der Waals surface area contributed by atoms with E-state index in [1.54, 1.807) is 4.90 Å². The van der Waals surface area contributed by atoms with E-state index in [4.69, 9.17) is 10.7 Å². The van der Waals surface area contributed by atoms with Crippen molar-refractivity contribution < 1.29 is 4.79 Å². The van der Waals surface area contributed by atoms with Gasteiger partial charge in [0.2, 0.25) is 0 Å². The summed E-state index contributed by atoms with van der Waals surface area (Å²) < 4.78 is 0. The average molecular weight is 277 g/mol. The normalized spacial score (nSPS) is 24.8. The highest BCUT2D eigenvalue weighted by atomic mass is 16.2. The van der Waals surface area contributed by atoms with Gasteiger partial charge in [-0.1, -0.05) is 19.3 Å². The highest BCUT2D eigenvalue weighted by molar-refractivity contribution is 5.72. The fourth-order valence-electron chi connectivity index (χ4n) is 3.42. The van der Waals surface area contributed by atoms with E-state index in [1.807, 2.05) is 0 Å². The molecule has 2 amide bonds. The third kappa shape index (κ3) is 2.78. The lowest BCUT2D eigenvalue weighted by atomic mass is 9.89. The smallest absolute Gasteiger partial charge is 0.314 e. The minimum absolute atomic E-state index is 0.227. The van der Waals surface area contributed by atoms with Crippen LogP contribution in [0.4, 0.5) is 4.79 Å². The third-order valence-corrected chi connectivity index (χ3v) is 4.61. The molecular weight excluding hydrogens is 254 g/mol. The van der Waals surface area contributed by atoms with Crippen LogP contribution in [0.15, 0.2) is 0 Å². The van der Waals surface area contributed by atoms with Crippen LogP contribution in [0.3, 0.4) is 0 Å². The number of hydrogen-bond donors (Lipinski definition) is 2. The van der Waals surface area contributed by atoms with Crippen molar-refractivity contribution in [3.8, 4) is 0 Å². The van der Waals surface area contributed by atoms with Gasteiger partial charge in [0.15, 0.2) is 5.82 Å². The topological polar surface area (TPSA) is 87.9 Å². The summed E-state index contributed by atoms with van der Waals surface area (Å²) in [6.45, 7) is 1.41. The first kappa shape index (κ1) is 13.4. The molecule has 1 aromatic heterocycles. The van der Waals surface area contributed by atoms with Crippen molar-refractivity contribution in [2.75, 3.05) is 13.1 Å². The Morgan fingerprint density at radius 2 is 1.90 bits per heavy atom. The Hall–Kier alpha value is -1.59. The number of aromatic nitrogens is 3. The van der Waals surface area contributed by atoms with Crippen molar-refractivity contribution >= 4 is 6.03 Å². The minimum Gasteiger partial charge on any atom is -0.351 e. The number of nitrogens with zero attached hydrogens (tertiary/aromatic N) is 3.